The third-order valence-corrected chi connectivity index (χ3v) is 8.41. The zero-order chi connectivity index (χ0) is 30.9. The van der Waals surface area contributed by atoms with E-state index in [1.807, 2.05) is 0 Å². The SMILES string of the molecule is CC(=O)OCC1OC(O[C@]2(CCI)OC(CCI)[C@H](OC(C)=O)[C@H]2OC(C)=O)C(OC(C)=O)C(OC(C)=O)C1CI. The maximum absolute atomic E-state index is 12.3. The monoisotopic (exact) mass is 924 g/mol. The van der Waals surface area contributed by atoms with Crippen molar-refractivity contribution in [3.05, 3.63) is 0 Å². The minimum Gasteiger partial charge on any atom is -0.463 e. The van der Waals surface area contributed by atoms with Crippen LogP contribution in [-0.4, -0.2) is 98.4 Å². The first-order chi connectivity index (χ1) is 19.3. The molecule has 234 valence electrons. The molecule has 41 heavy (non-hydrogen) atoms. The van der Waals surface area contributed by atoms with E-state index in [0.717, 1.165) is 0 Å². The van der Waals surface area contributed by atoms with E-state index in [-0.39, 0.29) is 13.0 Å². The highest BCUT2D eigenvalue weighted by Crippen LogP contribution is 2.44. The zero-order valence-electron chi connectivity index (χ0n) is 23.3. The van der Waals surface area contributed by atoms with Gasteiger partial charge in [-0.25, -0.2) is 0 Å². The van der Waals surface area contributed by atoms with Gasteiger partial charge in [0.2, 0.25) is 12.1 Å². The van der Waals surface area contributed by atoms with Crippen LogP contribution in [0.1, 0.15) is 47.5 Å². The molecule has 6 unspecified atom stereocenters. The van der Waals surface area contributed by atoms with Crippen LogP contribution < -0.4 is 0 Å². The fraction of sp³-hybridized carbons (Fsp3) is 0.800. The summed E-state index contributed by atoms with van der Waals surface area (Å²) >= 11 is 6.33. The van der Waals surface area contributed by atoms with Crippen LogP contribution in [0.5, 0.6) is 0 Å². The number of rotatable bonds is 13. The summed E-state index contributed by atoms with van der Waals surface area (Å²) in [5.41, 5.74) is 0. The molecule has 0 N–H and O–H groups in total. The van der Waals surface area contributed by atoms with Gasteiger partial charge in [-0.3, -0.25) is 24.0 Å². The van der Waals surface area contributed by atoms with Crippen molar-refractivity contribution < 1.29 is 61.9 Å². The lowest BCUT2D eigenvalue weighted by Crippen LogP contribution is -2.62. The van der Waals surface area contributed by atoms with E-state index in [9.17, 15) is 24.0 Å². The molecule has 2 rings (SSSR count). The molecule has 0 spiro atoms. The molecule has 2 saturated heterocycles. The van der Waals surface area contributed by atoms with Crippen molar-refractivity contribution in [3.63, 3.8) is 0 Å². The summed E-state index contributed by atoms with van der Waals surface area (Å²) in [7, 11) is 0. The molecule has 0 aromatic heterocycles. The highest BCUT2D eigenvalue weighted by atomic mass is 127. The van der Waals surface area contributed by atoms with Crippen LogP contribution in [-0.2, 0) is 61.9 Å². The maximum Gasteiger partial charge on any atom is 0.303 e. The Morgan fingerprint density at radius 3 is 1.76 bits per heavy atom. The summed E-state index contributed by atoms with van der Waals surface area (Å²) in [5.74, 6) is -5.42. The van der Waals surface area contributed by atoms with Gasteiger partial charge in [-0.1, -0.05) is 67.8 Å². The van der Waals surface area contributed by atoms with Crippen LogP contribution in [0.2, 0.25) is 0 Å². The van der Waals surface area contributed by atoms with E-state index < -0.39 is 84.5 Å². The molecule has 0 aliphatic carbocycles. The first kappa shape index (κ1) is 36.6. The van der Waals surface area contributed by atoms with Crippen molar-refractivity contribution in [2.75, 3.05) is 19.9 Å². The molecule has 0 aromatic rings. The predicted octanol–water partition coefficient (Wildman–Crippen LogP) is 2.81. The van der Waals surface area contributed by atoms with E-state index in [4.69, 9.17) is 37.9 Å². The largest absolute Gasteiger partial charge is 0.463 e. The number of halogens is 3. The van der Waals surface area contributed by atoms with E-state index in [1.54, 1.807) is 0 Å². The lowest BCUT2D eigenvalue weighted by molar-refractivity contribution is -0.373. The molecule has 13 nitrogen and oxygen atoms in total. The molecule has 9 atom stereocenters. The van der Waals surface area contributed by atoms with E-state index in [0.29, 0.717) is 19.7 Å². The fourth-order valence-electron chi connectivity index (χ4n) is 4.78. The molecule has 0 aromatic carbocycles. The number of esters is 5. The summed E-state index contributed by atoms with van der Waals surface area (Å²) in [6, 6.07) is 0. The number of ether oxygens (including phenoxy) is 8. The van der Waals surface area contributed by atoms with E-state index in [1.165, 1.54) is 34.6 Å². The predicted molar refractivity (Wildman–Crippen MR) is 166 cm³/mol. The molecule has 0 amide bonds. The van der Waals surface area contributed by atoms with Crippen LogP contribution in [0.4, 0.5) is 0 Å². The van der Waals surface area contributed by atoms with Crippen LogP contribution in [0.15, 0.2) is 0 Å². The first-order valence-corrected chi connectivity index (χ1v) is 17.4. The molecule has 0 radical (unpaired) electrons. The molecule has 16 heteroatoms. The zero-order valence-corrected chi connectivity index (χ0v) is 29.8. The second-order valence-corrected chi connectivity index (χ2v) is 12.5. The Morgan fingerprint density at radius 1 is 0.707 bits per heavy atom. The van der Waals surface area contributed by atoms with Gasteiger partial charge in [0.05, 0.1) is 0 Å². The molecule has 2 heterocycles. The van der Waals surface area contributed by atoms with E-state index >= 15 is 0 Å². The minimum atomic E-state index is -1.71. The van der Waals surface area contributed by atoms with Gasteiger partial charge >= 0.3 is 29.8 Å². The third-order valence-electron chi connectivity index (χ3n) is 6.23. The second kappa shape index (κ2) is 17.0. The standard InChI is InChI=1S/C25H35I3O13/c1-12(29)34-11-19-17(10-28)20(35-13(2)30)22(37-15(4)32)24(39-19)41-25(7-9-27)23(38-16(5)33)21(36-14(3)31)18(40-25)6-8-26/h17-24H,6-11H2,1-5H3/t17?,18?,19?,20?,21-,22?,23+,24?,25-/m0/s1. The summed E-state index contributed by atoms with van der Waals surface area (Å²) in [6.45, 7) is 5.89. The molecular weight excluding hydrogens is 889 g/mol. The third kappa shape index (κ3) is 10.2. The Kier molecular flexibility index (Phi) is 15.2. The smallest absolute Gasteiger partial charge is 0.303 e. The highest BCUT2D eigenvalue weighted by Gasteiger charge is 2.62. The van der Waals surface area contributed by atoms with Gasteiger partial charge in [-0.05, 0) is 6.42 Å². The van der Waals surface area contributed by atoms with Gasteiger partial charge in [0.25, 0.3) is 0 Å². The topological polar surface area (TPSA) is 159 Å². The first-order valence-electron chi connectivity index (χ1n) is 12.8. The van der Waals surface area contributed by atoms with Crippen molar-refractivity contribution in [1.29, 1.82) is 0 Å². The summed E-state index contributed by atoms with van der Waals surface area (Å²) in [5, 5.41) is 0. The molecule has 0 saturated carbocycles. The van der Waals surface area contributed by atoms with Crippen LogP contribution in [0.3, 0.4) is 0 Å². The van der Waals surface area contributed by atoms with Crippen LogP contribution in [0.25, 0.3) is 0 Å². The van der Waals surface area contributed by atoms with Gasteiger partial charge in [-0.2, -0.15) is 0 Å². The normalized spacial score (nSPS) is 33.0. The minimum absolute atomic E-state index is 0.149. The van der Waals surface area contributed by atoms with Crippen molar-refractivity contribution in [3.8, 4) is 0 Å². The number of alkyl halides is 3. The van der Waals surface area contributed by atoms with Gasteiger partial charge in [0.15, 0.2) is 18.3 Å². The number of hydrogen-bond donors (Lipinski definition) is 0. The van der Waals surface area contributed by atoms with Gasteiger partial charge in [-0.15, -0.1) is 0 Å². The quantitative estimate of drug-likeness (QED) is 0.115. The Hall–Kier alpha value is -0.580. The summed E-state index contributed by atoms with van der Waals surface area (Å²) in [6.07, 6.45) is -6.93. The Bertz CT molecular complexity index is 950. The van der Waals surface area contributed by atoms with Crippen molar-refractivity contribution in [2.24, 2.45) is 5.92 Å². The number of carbonyl (C=O) groups excluding carboxylic acids is 5. The average Bonchev–Trinajstić information content (AvgIpc) is 3.10. The lowest BCUT2D eigenvalue weighted by atomic mass is 9.90. The van der Waals surface area contributed by atoms with Gasteiger partial charge < -0.3 is 37.9 Å². The average molecular weight is 924 g/mol. The van der Waals surface area contributed by atoms with Crippen LogP contribution >= 0.6 is 67.8 Å². The van der Waals surface area contributed by atoms with Crippen molar-refractivity contribution in [2.45, 2.75) is 96.2 Å². The number of hydrogen-bond acceptors (Lipinski definition) is 13. The van der Waals surface area contributed by atoms with E-state index in [2.05, 4.69) is 67.8 Å². The lowest BCUT2D eigenvalue weighted by Gasteiger charge is -2.47. The fourth-order valence-corrected chi connectivity index (χ4v) is 7.21. The molecule has 2 aliphatic heterocycles. The number of carbonyl (C=O) groups is 5. The second-order valence-electron chi connectivity index (χ2n) is 9.42. The molecule has 0 bridgehead atoms. The van der Waals surface area contributed by atoms with Crippen molar-refractivity contribution >= 4 is 97.6 Å². The maximum atomic E-state index is 12.3. The van der Waals surface area contributed by atoms with Gasteiger partial charge in [0.1, 0.15) is 24.9 Å². The Balaban J connectivity index is 2.65. The van der Waals surface area contributed by atoms with Gasteiger partial charge in [0, 0.05) is 60.2 Å². The van der Waals surface area contributed by atoms with Crippen LogP contribution in [0, 0.1) is 5.92 Å². The molecule has 2 fully saturated rings. The highest BCUT2D eigenvalue weighted by molar-refractivity contribution is 14.1. The Morgan fingerprint density at radius 2 is 1.27 bits per heavy atom. The molecular formula is C25H35I3O13. The molecule has 2 aliphatic rings. The van der Waals surface area contributed by atoms with Crippen molar-refractivity contribution in [1.82, 2.24) is 0 Å². The summed E-state index contributed by atoms with van der Waals surface area (Å²) in [4.78, 5) is 60.4. The Labute approximate surface area is 279 Å². The summed E-state index contributed by atoms with van der Waals surface area (Å²) < 4.78 is 48.4.